The lowest BCUT2D eigenvalue weighted by molar-refractivity contribution is 0.197. The quantitative estimate of drug-likeness (QED) is 0.651. The topological polar surface area (TPSA) is 72.2 Å². The minimum atomic E-state index is 0.0898. The number of rotatable bonds is 8. The van der Waals surface area contributed by atoms with E-state index < -0.39 is 0 Å². The molecule has 6 heteroatoms. The summed E-state index contributed by atoms with van der Waals surface area (Å²) < 4.78 is 10.4. The molecule has 0 aromatic carbocycles. The Balaban J connectivity index is 2.33. The van der Waals surface area contributed by atoms with Crippen molar-refractivity contribution in [2.75, 3.05) is 32.1 Å². The van der Waals surface area contributed by atoms with Crippen LogP contribution in [0.5, 0.6) is 0 Å². The first-order valence-corrected chi connectivity index (χ1v) is 5.57. The fourth-order valence-electron chi connectivity index (χ4n) is 1.29. The van der Waals surface area contributed by atoms with Gasteiger partial charge in [-0.05, 0) is 19.9 Å². The van der Waals surface area contributed by atoms with Crippen LogP contribution in [-0.4, -0.2) is 37.0 Å². The van der Waals surface area contributed by atoms with Gasteiger partial charge in [0.15, 0.2) is 0 Å². The molecule has 1 rings (SSSR count). The molecule has 0 aliphatic heterocycles. The Morgan fingerprint density at radius 3 is 2.94 bits per heavy atom. The maximum atomic E-state index is 5.44. The standard InChI is InChI=1S/C10H20N4O2/c1-4-11-8(2)9-13-14-10(16-9)12-6-5-7-15-3/h8,11H,4-7H2,1-3H3,(H,12,14). The Kier molecular flexibility index (Phi) is 5.81. The molecule has 1 aromatic rings. The molecule has 1 heterocycles. The van der Waals surface area contributed by atoms with Crippen LogP contribution in [0.25, 0.3) is 0 Å². The first-order valence-electron chi connectivity index (χ1n) is 5.57. The second-order valence-corrected chi connectivity index (χ2v) is 3.50. The van der Waals surface area contributed by atoms with Gasteiger partial charge in [-0.1, -0.05) is 12.0 Å². The van der Waals surface area contributed by atoms with E-state index in [2.05, 4.69) is 20.8 Å². The van der Waals surface area contributed by atoms with Crippen LogP contribution >= 0.6 is 0 Å². The number of hydrogen-bond donors (Lipinski definition) is 2. The van der Waals surface area contributed by atoms with Gasteiger partial charge in [0.2, 0.25) is 5.89 Å². The van der Waals surface area contributed by atoms with Gasteiger partial charge in [0.1, 0.15) is 0 Å². The van der Waals surface area contributed by atoms with Crippen molar-refractivity contribution in [1.29, 1.82) is 0 Å². The molecule has 0 aliphatic carbocycles. The molecule has 0 amide bonds. The molecule has 0 radical (unpaired) electrons. The van der Waals surface area contributed by atoms with Gasteiger partial charge in [-0.15, -0.1) is 5.10 Å². The summed E-state index contributed by atoms with van der Waals surface area (Å²) in [6.45, 7) is 6.40. The van der Waals surface area contributed by atoms with Crippen molar-refractivity contribution in [3.63, 3.8) is 0 Å². The van der Waals surface area contributed by atoms with Gasteiger partial charge in [0.05, 0.1) is 6.04 Å². The highest BCUT2D eigenvalue weighted by Crippen LogP contribution is 2.12. The molecular weight excluding hydrogens is 208 g/mol. The van der Waals surface area contributed by atoms with E-state index in [9.17, 15) is 0 Å². The lowest BCUT2D eigenvalue weighted by Crippen LogP contribution is -2.17. The summed E-state index contributed by atoms with van der Waals surface area (Å²) in [7, 11) is 1.68. The Hall–Kier alpha value is -1.14. The van der Waals surface area contributed by atoms with E-state index in [0.717, 1.165) is 26.1 Å². The van der Waals surface area contributed by atoms with Crippen LogP contribution in [0.15, 0.2) is 4.42 Å². The second kappa shape index (κ2) is 7.19. The molecule has 1 unspecified atom stereocenters. The third-order valence-electron chi connectivity index (χ3n) is 2.12. The summed E-state index contributed by atoms with van der Waals surface area (Å²) in [4.78, 5) is 0. The highest BCUT2D eigenvalue weighted by atomic mass is 16.5. The monoisotopic (exact) mass is 228 g/mol. The Bertz CT molecular complexity index is 290. The van der Waals surface area contributed by atoms with Gasteiger partial charge in [-0.25, -0.2) is 0 Å². The number of ether oxygens (including phenoxy) is 1. The first-order chi connectivity index (χ1) is 7.77. The number of nitrogens with one attached hydrogen (secondary N) is 2. The van der Waals surface area contributed by atoms with Gasteiger partial charge >= 0.3 is 6.01 Å². The molecule has 0 fully saturated rings. The van der Waals surface area contributed by atoms with E-state index in [4.69, 9.17) is 9.15 Å². The number of aromatic nitrogens is 2. The number of hydrogen-bond acceptors (Lipinski definition) is 6. The zero-order valence-corrected chi connectivity index (χ0v) is 10.1. The minimum absolute atomic E-state index is 0.0898. The lowest BCUT2D eigenvalue weighted by Gasteiger charge is -2.05. The summed E-state index contributed by atoms with van der Waals surface area (Å²) in [5.74, 6) is 0.607. The molecule has 0 aliphatic rings. The predicted molar refractivity (Wildman–Crippen MR) is 61.4 cm³/mol. The summed E-state index contributed by atoms with van der Waals surface area (Å²) in [6.07, 6.45) is 0.914. The van der Waals surface area contributed by atoms with Crippen LogP contribution < -0.4 is 10.6 Å². The summed E-state index contributed by atoms with van der Waals surface area (Å²) in [5.41, 5.74) is 0. The van der Waals surface area contributed by atoms with E-state index in [1.807, 2.05) is 13.8 Å². The molecule has 0 saturated carbocycles. The van der Waals surface area contributed by atoms with Gasteiger partial charge < -0.3 is 19.8 Å². The van der Waals surface area contributed by atoms with E-state index >= 15 is 0 Å². The first kappa shape index (κ1) is 12.9. The molecule has 0 saturated heterocycles. The van der Waals surface area contributed by atoms with Crippen LogP contribution in [0.1, 0.15) is 32.2 Å². The summed E-state index contributed by atoms with van der Waals surface area (Å²) in [5, 5.41) is 14.1. The normalized spacial score (nSPS) is 12.7. The largest absolute Gasteiger partial charge is 0.406 e. The van der Waals surface area contributed by atoms with Crippen LogP contribution in [0, 0.1) is 0 Å². The van der Waals surface area contributed by atoms with Gasteiger partial charge in [-0.3, -0.25) is 0 Å². The Labute approximate surface area is 95.8 Å². The highest BCUT2D eigenvalue weighted by Gasteiger charge is 2.11. The molecule has 0 bridgehead atoms. The molecule has 1 aromatic heterocycles. The van der Waals surface area contributed by atoms with Crippen molar-refractivity contribution >= 4 is 6.01 Å². The molecule has 16 heavy (non-hydrogen) atoms. The Morgan fingerprint density at radius 1 is 1.44 bits per heavy atom. The average molecular weight is 228 g/mol. The van der Waals surface area contributed by atoms with Crippen molar-refractivity contribution in [1.82, 2.24) is 15.5 Å². The van der Waals surface area contributed by atoms with E-state index in [1.54, 1.807) is 7.11 Å². The highest BCUT2D eigenvalue weighted by molar-refractivity contribution is 5.16. The van der Waals surface area contributed by atoms with Crippen molar-refractivity contribution < 1.29 is 9.15 Å². The molecule has 92 valence electrons. The van der Waals surface area contributed by atoms with Crippen LogP contribution in [0.2, 0.25) is 0 Å². The number of anilines is 1. The fourth-order valence-corrected chi connectivity index (χ4v) is 1.29. The Morgan fingerprint density at radius 2 is 2.25 bits per heavy atom. The SMILES string of the molecule is CCNC(C)c1nnc(NCCCOC)o1. The molecule has 6 nitrogen and oxygen atoms in total. The minimum Gasteiger partial charge on any atom is -0.406 e. The van der Waals surface area contributed by atoms with Gasteiger partial charge in [0, 0.05) is 20.3 Å². The summed E-state index contributed by atoms with van der Waals surface area (Å²) in [6, 6.07) is 0.558. The van der Waals surface area contributed by atoms with E-state index in [-0.39, 0.29) is 6.04 Å². The maximum absolute atomic E-state index is 5.44. The van der Waals surface area contributed by atoms with Crippen LogP contribution in [0.3, 0.4) is 0 Å². The smallest absolute Gasteiger partial charge is 0.315 e. The number of nitrogens with zero attached hydrogens (tertiary/aromatic N) is 2. The van der Waals surface area contributed by atoms with Crippen LogP contribution in [-0.2, 0) is 4.74 Å². The number of methoxy groups -OCH3 is 1. The van der Waals surface area contributed by atoms with E-state index in [0.29, 0.717) is 11.9 Å². The maximum Gasteiger partial charge on any atom is 0.315 e. The average Bonchev–Trinajstić information content (AvgIpc) is 2.73. The predicted octanol–water partition coefficient (Wildman–Crippen LogP) is 1.19. The van der Waals surface area contributed by atoms with E-state index in [1.165, 1.54) is 0 Å². The zero-order valence-electron chi connectivity index (χ0n) is 10.1. The zero-order chi connectivity index (χ0) is 11.8. The fraction of sp³-hybridized carbons (Fsp3) is 0.800. The third-order valence-corrected chi connectivity index (χ3v) is 2.12. The lowest BCUT2D eigenvalue weighted by atomic mass is 10.3. The van der Waals surface area contributed by atoms with Crippen molar-refractivity contribution in [2.45, 2.75) is 26.3 Å². The molecule has 1 atom stereocenters. The van der Waals surface area contributed by atoms with Crippen molar-refractivity contribution in [3.05, 3.63) is 5.89 Å². The van der Waals surface area contributed by atoms with Crippen molar-refractivity contribution in [2.24, 2.45) is 0 Å². The molecule has 2 N–H and O–H groups in total. The van der Waals surface area contributed by atoms with Crippen LogP contribution in [0.4, 0.5) is 6.01 Å². The third kappa shape index (κ3) is 4.16. The van der Waals surface area contributed by atoms with Gasteiger partial charge in [0.25, 0.3) is 0 Å². The molecule has 0 spiro atoms. The second-order valence-electron chi connectivity index (χ2n) is 3.50. The van der Waals surface area contributed by atoms with Crippen molar-refractivity contribution in [3.8, 4) is 0 Å². The summed E-state index contributed by atoms with van der Waals surface area (Å²) >= 11 is 0. The molecular formula is C10H20N4O2. The van der Waals surface area contributed by atoms with Gasteiger partial charge in [-0.2, -0.15) is 0 Å².